The Hall–Kier alpha value is -2.05. The number of rotatable bonds is 6. The summed E-state index contributed by atoms with van der Waals surface area (Å²) in [6.07, 6.45) is 0.273. The molecule has 1 aromatic rings. The van der Waals surface area contributed by atoms with E-state index in [0.717, 1.165) is 21.1 Å². The van der Waals surface area contributed by atoms with Gasteiger partial charge in [0.2, 0.25) is 0 Å². The van der Waals surface area contributed by atoms with Crippen LogP contribution in [-0.2, 0) is 6.54 Å². The van der Waals surface area contributed by atoms with Crippen molar-refractivity contribution in [3.8, 4) is 0 Å². The molecule has 1 aromatic carbocycles. The Morgan fingerprint density at radius 1 is 1.57 bits per heavy atom. The van der Waals surface area contributed by atoms with Crippen molar-refractivity contribution in [1.82, 2.24) is 9.96 Å². The van der Waals surface area contributed by atoms with Crippen molar-refractivity contribution in [3.63, 3.8) is 0 Å². The Balaban J connectivity index is 2.12. The molecule has 0 bridgehead atoms. The first-order valence-corrected chi connectivity index (χ1v) is 7.46. The highest BCUT2D eigenvalue weighted by Gasteiger charge is 2.22. The quantitative estimate of drug-likeness (QED) is 0.773. The molecule has 0 spiro atoms. The molecule has 1 aliphatic rings. The zero-order valence-corrected chi connectivity index (χ0v) is 13.2. The number of fused-ring (bicyclic) bond motifs is 1. The first-order valence-electron chi connectivity index (χ1n) is 7.08. The summed E-state index contributed by atoms with van der Waals surface area (Å²) in [5, 5.41) is 20.3. The van der Waals surface area contributed by atoms with Crippen molar-refractivity contribution in [2.75, 3.05) is 13.1 Å². The third-order valence-electron chi connectivity index (χ3n) is 3.53. The van der Waals surface area contributed by atoms with Gasteiger partial charge in [0.15, 0.2) is 0 Å². The van der Waals surface area contributed by atoms with Gasteiger partial charge < -0.3 is 10.0 Å². The van der Waals surface area contributed by atoms with E-state index in [2.05, 4.69) is 6.58 Å². The Bertz CT molecular complexity index is 636. The molecule has 23 heavy (non-hydrogen) atoms. The van der Waals surface area contributed by atoms with Crippen LogP contribution in [0.15, 0.2) is 37.1 Å². The average molecular weight is 341 g/mol. The fourth-order valence-electron chi connectivity index (χ4n) is 2.57. The van der Waals surface area contributed by atoms with E-state index < -0.39 is 12.3 Å². The van der Waals surface area contributed by atoms with Gasteiger partial charge in [-0.15, -0.1) is 6.58 Å². The molecule has 1 heterocycles. The number of carbonyl (C=O) groups is 1. The van der Waals surface area contributed by atoms with Crippen LogP contribution in [0.4, 0.5) is 9.18 Å². The lowest BCUT2D eigenvalue weighted by molar-refractivity contribution is -0.0503. The molecule has 7 heteroatoms. The fourth-order valence-corrected chi connectivity index (χ4v) is 2.76. The minimum absolute atomic E-state index is 0.00733. The average Bonchev–Trinajstić information content (AvgIpc) is 2.45. The number of nitrogens with zero attached hydrogens (tertiary/aromatic N) is 2. The molecule has 0 saturated heterocycles. The normalized spacial score (nSPS) is 14.7. The third-order valence-corrected chi connectivity index (χ3v) is 3.77. The maximum absolute atomic E-state index is 14.3. The zero-order valence-electron chi connectivity index (χ0n) is 12.5. The van der Waals surface area contributed by atoms with Crippen LogP contribution in [0.3, 0.4) is 0 Å². The molecule has 0 radical (unpaired) electrons. The van der Waals surface area contributed by atoms with Gasteiger partial charge >= 0.3 is 6.09 Å². The van der Waals surface area contributed by atoms with Crippen molar-refractivity contribution in [2.24, 2.45) is 0 Å². The third kappa shape index (κ3) is 4.46. The number of alkyl halides is 1. The van der Waals surface area contributed by atoms with Crippen LogP contribution in [-0.4, -0.2) is 45.6 Å². The minimum Gasteiger partial charge on any atom is -0.465 e. The lowest BCUT2D eigenvalue weighted by Crippen LogP contribution is -2.35. The summed E-state index contributed by atoms with van der Waals surface area (Å²) in [6, 6.07) is 5.21. The highest BCUT2D eigenvalue weighted by atomic mass is 35.5. The molecule has 1 aliphatic heterocycles. The zero-order chi connectivity index (χ0) is 17.0. The van der Waals surface area contributed by atoms with Gasteiger partial charge in [0.1, 0.15) is 6.17 Å². The lowest BCUT2D eigenvalue weighted by Gasteiger charge is -2.26. The molecule has 124 valence electrons. The topological polar surface area (TPSA) is 64.0 Å². The molecular formula is C16H18ClFN2O3. The highest BCUT2D eigenvalue weighted by Crippen LogP contribution is 2.31. The number of allylic oxidation sites excluding steroid dienone is 1. The summed E-state index contributed by atoms with van der Waals surface area (Å²) >= 11 is 5.94. The number of carboxylic acid groups (broad SMARTS) is 1. The Morgan fingerprint density at radius 2 is 2.30 bits per heavy atom. The van der Waals surface area contributed by atoms with Crippen molar-refractivity contribution < 1.29 is 19.5 Å². The summed E-state index contributed by atoms with van der Waals surface area (Å²) in [5.74, 6) is 0. The van der Waals surface area contributed by atoms with Crippen molar-refractivity contribution in [1.29, 1.82) is 0 Å². The van der Waals surface area contributed by atoms with Gasteiger partial charge in [0.25, 0.3) is 0 Å². The maximum atomic E-state index is 14.3. The number of amides is 1. The molecule has 0 fully saturated rings. The summed E-state index contributed by atoms with van der Waals surface area (Å²) in [6.45, 7) is 3.54. The molecule has 1 atom stereocenters. The van der Waals surface area contributed by atoms with Crippen LogP contribution < -0.4 is 0 Å². The first kappa shape index (κ1) is 17.3. The lowest BCUT2D eigenvalue weighted by atomic mass is 9.94. The largest absolute Gasteiger partial charge is 0.465 e. The standard InChI is InChI=1S/C16H18ClFN2O3/c1-2-5-19(16(21)22)10-14(18)7-12-9-20(23)8-11-6-13(17)3-4-15(11)12/h2-4,6,9,14,23H,1,5,7-8,10H2,(H,21,22). The highest BCUT2D eigenvalue weighted by molar-refractivity contribution is 6.30. The van der Waals surface area contributed by atoms with Crippen molar-refractivity contribution >= 4 is 23.3 Å². The molecule has 0 saturated carbocycles. The molecule has 0 aromatic heterocycles. The van der Waals surface area contributed by atoms with E-state index in [1.807, 2.05) is 0 Å². The molecule has 5 nitrogen and oxygen atoms in total. The Morgan fingerprint density at radius 3 is 2.96 bits per heavy atom. The van der Waals surface area contributed by atoms with Gasteiger partial charge in [-0.3, -0.25) is 10.3 Å². The second kappa shape index (κ2) is 7.48. The monoisotopic (exact) mass is 340 g/mol. The molecule has 1 unspecified atom stereocenters. The first-order chi connectivity index (χ1) is 10.9. The van der Waals surface area contributed by atoms with Gasteiger partial charge in [0.05, 0.1) is 13.1 Å². The predicted octanol–water partition coefficient (Wildman–Crippen LogP) is 3.78. The number of hydroxylamine groups is 2. The van der Waals surface area contributed by atoms with E-state index in [4.69, 9.17) is 16.7 Å². The molecular weight excluding hydrogens is 323 g/mol. The Labute approximate surface area is 138 Å². The molecule has 2 rings (SSSR count). The molecule has 1 amide bonds. The van der Waals surface area contributed by atoms with E-state index in [9.17, 15) is 14.4 Å². The van der Waals surface area contributed by atoms with E-state index in [1.54, 1.807) is 18.2 Å². The van der Waals surface area contributed by atoms with Gasteiger partial charge in [0, 0.05) is 24.2 Å². The fraction of sp³-hybridized carbons (Fsp3) is 0.312. The smallest absolute Gasteiger partial charge is 0.407 e. The van der Waals surface area contributed by atoms with E-state index in [0.29, 0.717) is 10.6 Å². The van der Waals surface area contributed by atoms with E-state index in [1.165, 1.54) is 12.3 Å². The second-order valence-corrected chi connectivity index (χ2v) is 5.77. The van der Waals surface area contributed by atoms with Crippen LogP contribution in [0.2, 0.25) is 5.02 Å². The summed E-state index contributed by atoms with van der Waals surface area (Å²) in [4.78, 5) is 12.0. The number of halogens is 2. The van der Waals surface area contributed by atoms with Crippen LogP contribution >= 0.6 is 11.6 Å². The summed E-state index contributed by atoms with van der Waals surface area (Å²) in [7, 11) is 0. The maximum Gasteiger partial charge on any atom is 0.407 e. The number of benzene rings is 1. The van der Waals surface area contributed by atoms with Gasteiger partial charge in [-0.25, -0.2) is 9.18 Å². The van der Waals surface area contributed by atoms with Gasteiger partial charge in [-0.1, -0.05) is 23.7 Å². The van der Waals surface area contributed by atoms with Crippen LogP contribution in [0.25, 0.3) is 5.57 Å². The molecule has 0 aliphatic carbocycles. The van der Waals surface area contributed by atoms with Crippen LogP contribution in [0, 0.1) is 0 Å². The summed E-state index contributed by atoms with van der Waals surface area (Å²) < 4.78 is 14.3. The number of hydrogen-bond donors (Lipinski definition) is 2. The van der Waals surface area contributed by atoms with Crippen LogP contribution in [0.5, 0.6) is 0 Å². The van der Waals surface area contributed by atoms with Gasteiger partial charge in [-0.05, 0) is 28.8 Å². The van der Waals surface area contributed by atoms with Crippen LogP contribution in [0.1, 0.15) is 17.5 Å². The summed E-state index contributed by atoms with van der Waals surface area (Å²) in [5.41, 5.74) is 2.21. The predicted molar refractivity (Wildman–Crippen MR) is 86.1 cm³/mol. The van der Waals surface area contributed by atoms with Crippen molar-refractivity contribution in [2.45, 2.75) is 19.1 Å². The Kier molecular flexibility index (Phi) is 5.63. The van der Waals surface area contributed by atoms with E-state index in [-0.39, 0.29) is 26.1 Å². The molecule has 2 N–H and O–H groups in total. The van der Waals surface area contributed by atoms with Crippen molar-refractivity contribution in [3.05, 3.63) is 53.2 Å². The SMILES string of the molecule is C=CCN(CC(F)CC1=CN(O)Cc2cc(Cl)ccc21)C(=O)O. The minimum atomic E-state index is -1.40. The number of hydrogen-bond acceptors (Lipinski definition) is 3. The van der Waals surface area contributed by atoms with E-state index >= 15 is 0 Å². The van der Waals surface area contributed by atoms with Gasteiger partial charge in [-0.2, -0.15) is 0 Å². The second-order valence-electron chi connectivity index (χ2n) is 5.33.